The number of carbonyl (C=O) groups excluding carboxylic acids is 1. The van der Waals surface area contributed by atoms with Gasteiger partial charge in [0.1, 0.15) is 0 Å². The first kappa shape index (κ1) is 11.0. The number of hydrogen-bond acceptors (Lipinski definition) is 2. The Hall–Kier alpha value is -1.15. The summed E-state index contributed by atoms with van der Waals surface area (Å²) in [5.74, 6) is 0.384. The Morgan fingerprint density at radius 1 is 1.41 bits per heavy atom. The zero-order valence-corrected chi connectivity index (χ0v) is 10.6. The second-order valence-corrected chi connectivity index (χ2v) is 5.62. The van der Waals surface area contributed by atoms with Crippen molar-refractivity contribution in [3.63, 3.8) is 0 Å². The molecule has 0 saturated heterocycles. The first-order valence-corrected chi connectivity index (χ1v) is 6.31. The molecule has 1 saturated carbocycles. The van der Waals surface area contributed by atoms with Crippen LogP contribution < -0.4 is 0 Å². The van der Waals surface area contributed by atoms with Crippen molar-refractivity contribution in [3.8, 4) is 0 Å². The zero-order chi connectivity index (χ0) is 12.4. The monoisotopic (exact) mass is 230 g/mol. The van der Waals surface area contributed by atoms with Crippen molar-refractivity contribution in [2.45, 2.75) is 33.6 Å². The van der Waals surface area contributed by atoms with Crippen LogP contribution in [0, 0.1) is 11.3 Å². The first-order valence-electron chi connectivity index (χ1n) is 6.31. The predicted octanol–water partition coefficient (Wildman–Crippen LogP) is 2.55. The summed E-state index contributed by atoms with van der Waals surface area (Å²) < 4.78 is 0. The van der Waals surface area contributed by atoms with E-state index in [4.69, 9.17) is 0 Å². The molecule has 1 unspecified atom stereocenters. The maximum absolute atomic E-state index is 12.4. The number of Topliss-reactive ketones (excluding diaryl/α,β-unsaturated/α-hetero) is 1. The molecule has 0 radical (unpaired) electrons. The highest BCUT2D eigenvalue weighted by Crippen LogP contribution is 2.63. The minimum absolute atomic E-state index is 0.0379. The molecule has 0 aromatic carbocycles. The lowest BCUT2D eigenvalue weighted by Crippen LogP contribution is -2.31. The van der Waals surface area contributed by atoms with Crippen LogP contribution in [0.4, 0.5) is 0 Å². The molecule has 0 amide bonds. The van der Waals surface area contributed by atoms with Crippen molar-refractivity contribution in [2.75, 3.05) is 6.61 Å². The normalized spacial score (nSPS) is 30.0. The Labute approximate surface area is 102 Å². The lowest BCUT2D eigenvalue weighted by Gasteiger charge is -2.32. The molecule has 0 aliphatic heterocycles. The van der Waals surface area contributed by atoms with Gasteiger partial charge in [-0.3, -0.25) is 4.79 Å². The zero-order valence-electron chi connectivity index (χ0n) is 10.6. The highest BCUT2D eigenvalue weighted by Gasteiger charge is 2.56. The Morgan fingerprint density at radius 2 is 2.06 bits per heavy atom. The Morgan fingerprint density at radius 3 is 2.59 bits per heavy atom. The first-order chi connectivity index (χ1) is 8.03. The molecular weight excluding hydrogens is 212 g/mol. The average Bonchev–Trinajstić information content (AvgIpc) is 3.04. The summed E-state index contributed by atoms with van der Waals surface area (Å²) in [6, 6.07) is 0. The molecule has 1 spiro atoms. The van der Waals surface area contributed by atoms with Crippen molar-refractivity contribution >= 4 is 5.78 Å². The fourth-order valence-electron chi connectivity index (χ4n) is 3.56. The Bertz CT molecular complexity index is 513. The number of allylic oxidation sites excluding steroid dienone is 4. The fraction of sp³-hybridized carbons (Fsp3) is 0.533. The van der Waals surface area contributed by atoms with Gasteiger partial charge in [-0.15, -0.1) is 0 Å². The third-order valence-electron chi connectivity index (χ3n) is 4.96. The Kier molecular flexibility index (Phi) is 2.06. The lowest BCUT2D eigenvalue weighted by atomic mass is 9.70. The summed E-state index contributed by atoms with van der Waals surface area (Å²) >= 11 is 0. The predicted molar refractivity (Wildman–Crippen MR) is 66.4 cm³/mol. The van der Waals surface area contributed by atoms with Crippen LogP contribution in [0.5, 0.6) is 0 Å². The third kappa shape index (κ3) is 1.17. The van der Waals surface area contributed by atoms with Gasteiger partial charge in [0.2, 0.25) is 0 Å². The van der Waals surface area contributed by atoms with Gasteiger partial charge in [0.25, 0.3) is 0 Å². The van der Waals surface area contributed by atoms with Crippen LogP contribution in [0.25, 0.3) is 0 Å². The molecule has 3 rings (SSSR count). The maximum atomic E-state index is 12.4. The molecule has 90 valence electrons. The molecule has 1 N–H and O–H groups in total. The molecule has 3 aliphatic rings. The molecule has 0 aromatic rings. The molecule has 0 aromatic heterocycles. The van der Waals surface area contributed by atoms with E-state index in [9.17, 15) is 9.90 Å². The maximum Gasteiger partial charge on any atom is 0.167 e. The quantitative estimate of drug-likeness (QED) is 0.751. The number of fused-ring (bicyclic) bond motifs is 1. The number of aliphatic hydroxyl groups excluding tert-OH is 1. The largest absolute Gasteiger partial charge is 0.392 e. The van der Waals surface area contributed by atoms with E-state index < -0.39 is 0 Å². The van der Waals surface area contributed by atoms with Crippen molar-refractivity contribution in [3.05, 3.63) is 33.9 Å². The van der Waals surface area contributed by atoms with Crippen LogP contribution >= 0.6 is 0 Å². The Balaban J connectivity index is 2.24. The summed E-state index contributed by atoms with van der Waals surface area (Å²) in [4.78, 5) is 12.4. The molecule has 0 bridgehead atoms. The van der Waals surface area contributed by atoms with Gasteiger partial charge in [-0.05, 0) is 49.5 Å². The number of carbonyl (C=O) groups is 1. The minimum Gasteiger partial charge on any atom is -0.392 e. The van der Waals surface area contributed by atoms with Crippen LogP contribution in [0.1, 0.15) is 33.6 Å². The molecule has 2 heteroatoms. The van der Waals surface area contributed by atoms with Crippen LogP contribution in [-0.4, -0.2) is 17.5 Å². The SMILES string of the molecule is CC1=C(CO)C2=C(C)C3(CC3)C(C)C(=O)C2=C1. The van der Waals surface area contributed by atoms with E-state index in [-0.39, 0.29) is 23.7 Å². The van der Waals surface area contributed by atoms with Gasteiger partial charge in [-0.2, -0.15) is 0 Å². The van der Waals surface area contributed by atoms with E-state index in [0.717, 1.165) is 35.1 Å². The number of rotatable bonds is 1. The van der Waals surface area contributed by atoms with E-state index in [1.807, 2.05) is 13.0 Å². The minimum atomic E-state index is 0.0379. The van der Waals surface area contributed by atoms with Crippen molar-refractivity contribution in [2.24, 2.45) is 11.3 Å². The second-order valence-electron chi connectivity index (χ2n) is 5.62. The van der Waals surface area contributed by atoms with Gasteiger partial charge in [-0.1, -0.05) is 12.5 Å². The number of ketones is 1. The van der Waals surface area contributed by atoms with Crippen LogP contribution in [0.15, 0.2) is 33.9 Å². The van der Waals surface area contributed by atoms with Crippen molar-refractivity contribution in [1.29, 1.82) is 0 Å². The summed E-state index contributed by atoms with van der Waals surface area (Å²) in [5.41, 5.74) is 5.37. The van der Waals surface area contributed by atoms with Gasteiger partial charge >= 0.3 is 0 Å². The molecule has 2 nitrogen and oxygen atoms in total. The van der Waals surface area contributed by atoms with E-state index in [0.29, 0.717) is 0 Å². The third-order valence-corrected chi connectivity index (χ3v) is 4.96. The number of aliphatic hydroxyl groups is 1. The lowest BCUT2D eigenvalue weighted by molar-refractivity contribution is -0.120. The highest BCUT2D eigenvalue weighted by atomic mass is 16.3. The van der Waals surface area contributed by atoms with Gasteiger partial charge < -0.3 is 5.11 Å². The van der Waals surface area contributed by atoms with Crippen LogP contribution in [0.3, 0.4) is 0 Å². The van der Waals surface area contributed by atoms with Gasteiger partial charge in [0.15, 0.2) is 5.78 Å². The van der Waals surface area contributed by atoms with E-state index in [1.165, 1.54) is 5.57 Å². The molecule has 3 aliphatic carbocycles. The molecular formula is C15H18O2. The van der Waals surface area contributed by atoms with Gasteiger partial charge in [0.05, 0.1) is 6.61 Å². The molecule has 0 heterocycles. The average molecular weight is 230 g/mol. The van der Waals surface area contributed by atoms with Crippen LogP contribution in [-0.2, 0) is 4.79 Å². The standard InChI is InChI=1S/C15H18O2/c1-8-6-11-13(12(8)7-16)9(2)15(4-5-15)10(3)14(11)17/h6,10,16H,4-5,7H2,1-3H3. The van der Waals surface area contributed by atoms with Gasteiger partial charge in [0, 0.05) is 16.9 Å². The van der Waals surface area contributed by atoms with Crippen LogP contribution in [0.2, 0.25) is 0 Å². The molecule has 1 atom stereocenters. The highest BCUT2D eigenvalue weighted by molar-refractivity contribution is 6.07. The summed E-state index contributed by atoms with van der Waals surface area (Å²) in [5, 5.41) is 9.50. The molecule has 17 heavy (non-hydrogen) atoms. The second kappa shape index (κ2) is 3.20. The number of hydrogen-bond donors (Lipinski definition) is 1. The van der Waals surface area contributed by atoms with E-state index >= 15 is 0 Å². The van der Waals surface area contributed by atoms with Crippen molar-refractivity contribution in [1.82, 2.24) is 0 Å². The smallest absolute Gasteiger partial charge is 0.167 e. The van der Waals surface area contributed by atoms with E-state index in [2.05, 4.69) is 13.8 Å². The van der Waals surface area contributed by atoms with Gasteiger partial charge in [-0.25, -0.2) is 0 Å². The topological polar surface area (TPSA) is 37.3 Å². The van der Waals surface area contributed by atoms with Crippen molar-refractivity contribution < 1.29 is 9.90 Å². The fourth-order valence-corrected chi connectivity index (χ4v) is 3.56. The van der Waals surface area contributed by atoms with E-state index in [1.54, 1.807) is 0 Å². The molecule has 1 fully saturated rings. The summed E-state index contributed by atoms with van der Waals surface area (Å²) in [6.07, 6.45) is 4.21. The summed E-state index contributed by atoms with van der Waals surface area (Å²) in [6.45, 7) is 6.22. The summed E-state index contributed by atoms with van der Waals surface area (Å²) in [7, 11) is 0.